The largest absolute Gasteiger partial charge is 0.378 e. The molecule has 2 aromatic carbocycles. The fourth-order valence-corrected chi connectivity index (χ4v) is 5.56. The van der Waals surface area contributed by atoms with Crippen molar-refractivity contribution in [3.63, 3.8) is 0 Å². The molecule has 1 aromatic heterocycles. The van der Waals surface area contributed by atoms with Gasteiger partial charge < -0.3 is 20.9 Å². The van der Waals surface area contributed by atoms with Gasteiger partial charge in [0.25, 0.3) is 0 Å². The third-order valence-corrected chi connectivity index (χ3v) is 7.70. The number of anilines is 3. The molecule has 2 unspecified atom stereocenters. The van der Waals surface area contributed by atoms with Crippen LogP contribution < -0.4 is 20.9 Å². The Bertz CT molecular complexity index is 1310. The molecule has 1 amide bonds. The van der Waals surface area contributed by atoms with Crippen LogP contribution in [-0.2, 0) is 15.0 Å². The van der Waals surface area contributed by atoms with E-state index >= 15 is 0 Å². The molecular weight excluding hydrogens is 450 g/mol. The van der Waals surface area contributed by atoms with Crippen LogP contribution in [0.25, 0.3) is 0 Å². The van der Waals surface area contributed by atoms with Crippen LogP contribution >= 0.6 is 0 Å². The highest BCUT2D eigenvalue weighted by Crippen LogP contribution is 2.44. The molecule has 185 valence electrons. The zero-order valence-electron chi connectivity index (χ0n) is 21.0. The van der Waals surface area contributed by atoms with E-state index in [9.17, 15) is 9.59 Å². The molecule has 0 saturated carbocycles. The molecule has 2 aliphatic rings. The zero-order chi connectivity index (χ0) is 25.4. The Balaban J connectivity index is 1.36. The molecule has 3 N–H and O–H groups in total. The lowest BCUT2D eigenvalue weighted by Crippen LogP contribution is -2.47. The summed E-state index contributed by atoms with van der Waals surface area (Å²) >= 11 is 0. The molecule has 1 saturated heterocycles. The molecule has 2 atom stereocenters. The average molecular weight is 483 g/mol. The SMILES string of the molecule is Cc1ccc(N2CCN(c3cncc(C4CC(C)(C(N)=O)c5cc([C]=O)ccc5N4)c3)CC2)c(C)c1. The van der Waals surface area contributed by atoms with Crippen molar-refractivity contribution in [3.8, 4) is 0 Å². The first-order chi connectivity index (χ1) is 17.3. The zero-order valence-corrected chi connectivity index (χ0v) is 21.0. The second kappa shape index (κ2) is 9.30. The first-order valence-electron chi connectivity index (χ1n) is 12.4. The first kappa shape index (κ1) is 23.9. The number of nitrogens with two attached hydrogens (primary N) is 1. The van der Waals surface area contributed by atoms with Gasteiger partial charge in [0.15, 0.2) is 0 Å². The maximum Gasteiger partial charge on any atom is 0.233 e. The number of hydrogen-bond acceptors (Lipinski definition) is 6. The van der Waals surface area contributed by atoms with Crippen LogP contribution in [0, 0.1) is 13.8 Å². The molecule has 3 heterocycles. The van der Waals surface area contributed by atoms with Gasteiger partial charge in [0.1, 0.15) is 0 Å². The van der Waals surface area contributed by atoms with Crippen LogP contribution in [0.3, 0.4) is 0 Å². The number of primary amides is 1. The van der Waals surface area contributed by atoms with Crippen molar-refractivity contribution in [2.24, 2.45) is 5.73 Å². The number of nitrogens with one attached hydrogen (secondary N) is 1. The predicted octanol–water partition coefficient (Wildman–Crippen LogP) is 3.78. The third-order valence-electron chi connectivity index (χ3n) is 7.70. The van der Waals surface area contributed by atoms with Gasteiger partial charge in [0, 0.05) is 49.3 Å². The minimum atomic E-state index is -0.911. The Kier molecular flexibility index (Phi) is 6.16. The Labute approximate surface area is 212 Å². The molecule has 2 aliphatic heterocycles. The number of rotatable bonds is 5. The van der Waals surface area contributed by atoms with Gasteiger partial charge in [0.2, 0.25) is 12.2 Å². The number of aryl methyl sites for hydroxylation is 2. The first-order valence-corrected chi connectivity index (χ1v) is 12.4. The van der Waals surface area contributed by atoms with Crippen molar-refractivity contribution < 1.29 is 9.59 Å². The standard InChI is InChI=1S/C29H32N5O2/c1-19-4-7-27(20(2)12-19)34-10-8-33(9-11-34)23-14-22(16-31-17-23)26-15-29(3,28(30)36)24-13-21(18-35)5-6-25(24)32-26/h4-7,12-14,16-17,26,32H,8-11,15H2,1-3H3,(H2,30,36). The maximum atomic E-state index is 12.6. The molecular formula is C29H32N5O2. The number of carbonyl (C=O) groups is 1. The fourth-order valence-electron chi connectivity index (χ4n) is 5.56. The summed E-state index contributed by atoms with van der Waals surface area (Å²) in [6.45, 7) is 9.85. The average Bonchev–Trinajstić information content (AvgIpc) is 2.88. The molecule has 3 aromatic rings. The van der Waals surface area contributed by atoms with Gasteiger partial charge in [-0.05, 0) is 74.2 Å². The van der Waals surface area contributed by atoms with E-state index in [1.54, 1.807) is 12.1 Å². The van der Waals surface area contributed by atoms with Gasteiger partial charge in [0.05, 0.1) is 23.3 Å². The molecule has 1 radical (unpaired) electrons. The minimum Gasteiger partial charge on any atom is -0.378 e. The second-order valence-corrected chi connectivity index (χ2v) is 10.2. The summed E-state index contributed by atoms with van der Waals surface area (Å²) in [6.07, 6.45) is 6.15. The van der Waals surface area contributed by atoms with E-state index in [0.717, 1.165) is 48.7 Å². The molecule has 7 nitrogen and oxygen atoms in total. The predicted molar refractivity (Wildman–Crippen MR) is 143 cm³/mol. The van der Waals surface area contributed by atoms with E-state index in [2.05, 4.69) is 58.2 Å². The Morgan fingerprint density at radius 1 is 1.06 bits per heavy atom. The van der Waals surface area contributed by atoms with Crippen LogP contribution in [0.15, 0.2) is 54.9 Å². The molecule has 0 spiro atoms. The molecule has 7 heteroatoms. The summed E-state index contributed by atoms with van der Waals surface area (Å²) in [5.74, 6) is -0.412. The number of piperazine rings is 1. The van der Waals surface area contributed by atoms with Crippen LogP contribution in [0.2, 0.25) is 0 Å². The van der Waals surface area contributed by atoms with Crippen molar-refractivity contribution in [3.05, 3.63) is 82.7 Å². The summed E-state index contributed by atoms with van der Waals surface area (Å²) in [5.41, 5.74) is 12.9. The Morgan fingerprint density at radius 3 is 2.50 bits per heavy atom. The number of pyridine rings is 1. The fraction of sp³-hybridized carbons (Fsp3) is 0.345. The number of benzene rings is 2. The van der Waals surface area contributed by atoms with Crippen molar-refractivity contribution in [1.82, 2.24) is 4.98 Å². The van der Waals surface area contributed by atoms with Crippen LogP contribution in [0.1, 0.15) is 47.2 Å². The van der Waals surface area contributed by atoms with E-state index in [1.165, 1.54) is 16.8 Å². The summed E-state index contributed by atoms with van der Waals surface area (Å²) < 4.78 is 0. The summed E-state index contributed by atoms with van der Waals surface area (Å²) in [4.78, 5) is 33.2. The molecule has 0 aliphatic carbocycles. The van der Waals surface area contributed by atoms with Crippen molar-refractivity contribution in [1.29, 1.82) is 0 Å². The van der Waals surface area contributed by atoms with Crippen LogP contribution in [-0.4, -0.2) is 43.4 Å². The number of hydrogen-bond donors (Lipinski definition) is 2. The minimum absolute atomic E-state index is 0.134. The van der Waals surface area contributed by atoms with E-state index in [4.69, 9.17) is 5.73 Å². The van der Waals surface area contributed by atoms with Gasteiger partial charge >= 0.3 is 0 Å². The highest BCUT2D eigenvalue weighted by atomic mass is 16.1. The van der Waals surface area contributed by atoms with E-state index in [-0.39, 0.29) is 6.04 Å². The summed E-state index contributed by atoms with van der Waals surface area (Å²) in [5, 5.41) is 3.54. The highest BCUT2D eigenvalue weighted by Gasteiger charge is 2.42. The van der Waals surface area contributed by atoms with Crippen LogP contribution in [0.4, 0.5) is 17.1 Å². The van der Waals surface area contributed by atoms with Crippen molar-refractivity contribution in [2.45, 2.75) is 38.6 Å². The molecule has 5 rings (SSSR count). The molecule has 0 bridgehead atoms. The van der Waals surface area contributed by atoms with E-state index < -0.39 is 11.3 Å². The number of fused-ring (bicyclic) bond motifs is 1. The van der Waals surface area contributed by atoms with E-state index in [1.807, 2.05) is 31.7 Å². The Hall–Kier alpha value is -3.87. The topological polar surface area (TPSA) is 91.6 Å². The van der Waals surface area contributed by atoms with Gasteiger partial charge in [-0.15, -0.1) is 0 Å². The second-order valence-electron chi connectivity index (χ2n) is 10.2. The smallest absolute Gasteiger partial charge is 0.233 e. The number of nitrogens with zero attached hydrogens (tertiary/aromatic N) is 3. The van der Waals surface area contributed by atoms with Gasteiger partial charge in [-0.25, -0.2) is 0 Å². The number of carbonyl (C=O) groups excluding carboxylic acids is 2. The van der Waals surface area contributed by atoms with E-state index in [0.29, 0.717) is 12.0 Å². The highest BCUT2D eigenvalue weighted by molar-refractivity contribution is 5.90. The molecule has 1 fully saturated rings. The lowest BCUT2D eigenvalue weighted by atomic mass is 9.71. The summed E-state index contributed by atoms with van der Waals surface area (Å²) in [7, 11) is 0. The Morgan fingerprint density at radius 2 is 1.81 bits per heavy atom. The van der Waals surface area contributed by atoms with Crippen molar-refractivity contribution >= 4 is 29.3 Å². The van der Waals surface area contributed by atoms with Crippen molar-refractivity contribution in [2.75, 3.05) is 41.3 Å². The van der Waals surface area contributed by atoms with Gasteiger partial charge in [-0.3, -0.25) is 14.6 Å². The summed E-state index contributed by atoms with van der Waals surface area (Å²) in [6, 6.07) is 13.9. The normalized spacial score (nSPS) is 21.5. The van der Waals surface area contributed by atoms with Gasteiger partial charge in [-0.2, -0.15) is 0 Å². The maximum absolute atomic E-state index is 12.6. The molecule has 36 heavy (non-hydrogen) atoms. The monoisotopic (exact) mass is 482 g/mol. The van der Waals surface area contributed by atoms with Crippen LogP contribution in [0.5, 0.6) is 0 Å². The van der Waals surface area contributed by atoms with Gasteiger partial charge in [-0.1, -0.05) is 17.7 Å². The quantitative estimate of drug-likeness (QED) is 0.575. The third kappa shape index (κ3) is 4.30. The lowest BCUT2D eigenvalue weighted by Gasteiger charge is -2.40. The number of amides is 1. The number of aromatic nitrogens is 1. The lowest BCUT2D eigenvalue weighted by molar-refractivity contribution is -0.123.